The van der Waals surface area contributed by atoms with Crippen molar-refractivity contribution < 1.29 is 14.3 Å². The van der Waals surface area contributed by atoms with E-state index in [-0.39, 0.29) is 11.5 Å². The van der Waals surface area contributed by atoms with Crippen molar-refractivity contribution in [1.82, 2.24) is 4.90 Å². The number of imide groups is 1. The number of rotatable bonds is 10. The van der Waals surface area contributed by atoms with Crippen LogP contribution in [0, 0.1) is 11.3 Å². The Morgan fingerprint density at radius 1 is 1.00 bits per heavy atom. The summed E-state index contributed by atoms with van der Waals surface area (Å²) in [7, 11) is 0. The van der Waals surface area contributed by atoms with Crippen molar-refractivity contribution in [1.29, 1.82) is 5.26 Å². The summed E-state index contributed by atoms with van der Waals surface area (Å²) in [5, 5.41) is 9.46. The highest BCUT2D eigenvalue weighted by atomic mass is 16.5. The lowest BCUT2D eigenvalue weighted by molar-refractivity contribution is -0.140. The van der Waals surface area contributed by atoms with E-state index in [0.717, 1.165) is 49.8 Å². The van der Waals surface area contributed by atoms with E-state index in [4.69, 9.17) is 4.74 Å². The van der Waals surface area contributed by atoms with Crippen LogP contribution in [0.2, 0.25) is 0 Å². The van der Waals surface area contributed by atoms with Gasteiger partial charge in [-0.2, -0.15) is 5.26 Å². The third-order valence-electron chi connectivity index (χ3n) is 5.02. The number of amides is 2. The molecule has 0 unspecified atom stereocenters. The van der Waals surface area contributed by atoms with E-state index in [0.29, 0.717) is 24.3 Å². The van der Waals surface area contributed by atoms with Gasteiger partial charge >= 0.3 is 0 Å². The van der Waals surface area contributed by atoms with Gasteiger partial charge in [0.05, 0.1) is 6.61 Å². The van der Waals surface area contributed by atoms with Crippen LogP contribution >= 0.6 is 0 Å². The van der Waals surface area contributed by atoms with Crippen molar-refractivity contribution in [3.05, 3.63) is 46.5 Å². The maximum atomic E-state index is 13.0. The number of carbonyl (C=O) groups is 2. The molecule has 0 saturated heterocycles. The fourth-order valence-corrected chi connectivity index (χ4v) is 3.19. The summed E-state index contributed by atoms with van der Waals surface area (Å²) in [6, 6.07) is 9.48. The summed E-state index contributed by atoms with van der Waals surface area (Å²) in [5.41, 5.74) is 1.71. The van der Waals surface area contributed by atoms with Crippen molar-refractivity contribution in [2.24, 2.45) is 0 Å². The van der Waals surface area contributed by atoms with Crippen molar-refractivity contribution in [3.8, 4) is 11.8 Å². The van der Waals surface area contributed by atoms with Crippen molar-refractivity contribution in [3.63, 3.8) is 0 Å². The first kappa shape index (κ1) is 22.4. The molecule has 1 aromatic rings. The molecule has 1 aromatic carbocycles. The van der Waals surface area contributed by atoms with E-state index in [1.54, 1.807) is 13.0 Å². The third kappa shape index (κ3) is 5.80. The number of hydrogen-bond acceptors (Lipinski definition) is 4. The molecule has 1 aliphatic heterocycles. The largest absolute Gasteiger partial charge is 0.494 e. The molecule has 5 nitrogen and oxygen atoms in total. The third-order valence-corrected chi connectivity index (χ3v) is 5.02. The molecule has 0 saturated carbocycles. The Bertz CT molecular complexity index is 829. The van der Waals surface area contributed by atoms with Crippen molar-refractivity contribution in [2.75, 3.05) is 13.2 Å². The second kappa shape index (κ2) is 11.2. The summed E-state index contributed by atoms with van der Waals surface area (Å²) in [5.74, 6) is -0.0251. The molecule has 0 aliphatic carbocycles. The summed E-state index contributed by atoms with van der Waals surface area (Å²) < 4.78 is 5.67. The molecule has 0 radical (unpaired) electrons. The summed E-state index contributed by atoms with van der Waals surface area (Å²) in [6.07, 6.45) is 7.67. The smallest absolute Gasteiger partial charge is 0.271 e. The lowest BCUT2D eigenvalue weighted by atomic mass is 9.93. The average molecular weight is 395 g/mol. The van der Waals surface area contributed by atoms with E-state index >= 15 is 0 Å². The monoisotopic (exact) mass is 394 g/mol. The molecular formula is C24H30N2O3. The van der Waals surface area contributed by atoms with Gasteiger partial charge in [0.2, 0.25) is 0 Å². The molecule has 2 amide bonds. The highest BCUT2D eigenvalue weighted by molar-refractivity contribution is 6.19. The second-order valence-electron chi connectivity index (χ2n) is 7.26. The number of nitriles is 1. The lowest BCUT2D eigenvalue weighted by Crippen LogP contribution is -2.43. The van der Waals surface area contributed by atoms with Gasteiger partial charge in [0.15, 0.2) is 0 Å². The van der Waals surface area contributed by atoms with Gasteiger partial charge in [-0.3, -0.25) is 14.5 Å². The van der Waals surface area contributed by atoms with Crippen LogP contribution in [0.5, 0.6) is 5.75 Å². The quantitative estimate of drug-likeness (QED) is 0.317. The molecule has 0 bridgehead atoms. The minimum atomic E-state index is -0.483. The van der Waals surface area contributed by atoms with Crippen LogP contribution in [0.1, 0.15) is 64.9 Å². The molecule has 154 valence electrons. The first-order valence-corrected chi connectivity index (χ1v) is 10.5. The Kier molecular flexibility index (Phi) is 8.67. The molecule has 5 heteroatoms. The van der Waals surface area contributed by atoms with Gasteiger partial charge in [-0.1, -0.05) is 51.7 Å². The van der Waals surface area contributed by atoms with E-state index < -0.39 is 5.91 Å². The van der Waals surface area contributed by atoms with Crippen LogP contribution in [0.15, 0.2) is 41.0 Å². The fourth-order valence-electron chi connectivity index (χ4n) is 3.19. The average Bonchev–Trinajstić information content (AvgIpc) is 2.72. The van der Waals surface area contributed by atoms with Crippen LogP contribution < -0.4 is 4.74 Å². The molecule has 2 rings (SSSR count). The zero-order valence-electron chi connectivity index (χ0n) is 17.7. The predicted molar refractivity (Wildman–Crippen MR) is 114 cm³/mol. The van der Waals surface area contributed by atoms with Crippen LogP contribution in [-0.4, -0.2) is 29.9 Å². The van der Waals surface area contributed by atoms with Gasteiger partial charge < -0.3 is 4.74 Å². The summed E-state index contributed by atoms with van der Waals surface area (Å²) >= 11 is 0. The first-order chi connectivity index (χ1) is 14.0. The Morgan fingerprint density at radius 3 is 2.31 bits per heavy atom. The Balaban J connectivity index is 2.24. The number of hydrogen-bond donors (Lipinski definition) is 0. The number of carbonyl (C=O) groups excluding carboxylic acids is 2. The van der Waals surface area contributed by atoms with E-state index in [1.807, 2.05) is 30.3 Å². The predicted octanol–water partition coefficient (Wildman–Crippen LogP) is 5.04. The van der Waals surface area contributed by atoms with Crippen LogP contribution in [0.4, 0.5) is 0 Å². The number of nitrogens with zero attached hydrogens (tertiary/aromatic N) is 2. The maximum Gasteiger partial charge on any atom is 0.271 e. The standard InChI is InChI=1S/C24H30N2O3/c1-4-6-8-9-14-26-23(27)21(18(3)22(17-25)24(26)28)16-19-10-12-20(13-11-19)29-15-7-5-2/h10-13,16H,4-9,14-15H2,1-3H3/b21-16+. The second-order valence-corrected chi connectivity index (χ2v) is 7.26. The highest BCUT2D eigenvalue weighted by Gasteiger charge is 2.34. The molecule has 0 aromatic heterocycles. The minimum absolute atomic E-state index is 0.0471. The van der Waals surface area contributed by atoms with Gasteiger partial charge in [-0.25, -0.2) is 0 Å². The van der Waals surface area contributed by atoms with E-state index in [2.05, 4.69) is 13.8 Å². The molecule has 1 aliphatic rings. The maximum absolute atomic E-state index is 13.0. The molecule has 0 atom stereocenters. The van der Waals surface area contributed by atoms with E-state index in [9.17, 15) is 14.9 Å². The van der Waals surface area contributed by atoms with Crippen molar-refractivity contribution >= 4 is 17.9 Å². The first-order valence-electron chi connectivity index (χ1n) is 10.5. The summed E-state index contributed by atoms with van der Waals surface area (Å²) in [4.78, 5) is 26.8. The fraction of sp³-hybridized carbons (Fsp3) is 0.458. The summed E-state index contributed by atoms with van der Waals surface area (Å²) in [6.45, 7) is 6.91. The Labute approximate surface area is 173 Å². The minimum Gasteiger partial charge on any atom is -0.494 e. The molecule has 0 N–H and O–H groups in total. The molecule has 0 fully saturated rings. The van der Waals surface area contributed by atoms with Gasteiger partial charge in [0.25, 0.3) is 11.8 Å². The van der Waals surface area contributed by atoms with Crippen LogP contribution in [0.3, 0.4) is 0 Å². The Hall–Kier alpha value is -2.87. The van der Waals surface area contributed by atoms with Gasteiger partial charge in [-0.05, 0) is 49.1 Å². The molecule has 29 heavy (non-hydrogen) atoms. The SMILES string of the molecule is CCCCCCN1C(=O)C(C#N)=C(C)/C(=C\c2ccc(OCCCC)cc2)C1=O. The topological polar surface area (TPSA) is 70.4 Å². The number of benzene rings is 1. The van der Waals surface area contributed by atoms with Crippen LogP contribution in [0.25, 0.3) is 6.08 Å². The number of ether oxygens (including phenoxy) is 1. The van der Waals surface area contributed by atoms with Gasteiger partial charge in [-0.15, -0.1) is 0 Å². The van der Waals surface area contributed by atoms with Crippen molar-refractivity contribution in [2.45, 2.75) is 59.3 Å². The normalized spacial score (nSPS) is 15.8. The Morgan fingerprint density at radius 2 is 1.69 bits per heavy atom. The molecule has 1 heterocycles. The zero-order valence-corrected chi connectivity index (χ0v) is 17.7. The van der Waals surface area contributed by atoms with Crippen LogP contribution in [-0.2, 0) is 9.59 Å². The lowest BCUT2D eigenvalue weighted by Gasteiger charge is -2.27. The van der Waals surface area contributed by atoms with Gasteiger partial charge in [0, 0.05) is 12.1 Å². The van der Waals surface area contributed by atoms with Gasteiger partial charge in [0.1, 0.15) is 17.4 Å². The zero-order chi connectivity index (χ0) is 21.2. The molecule has 0 spiro atoms. The molecular weight excluding hydrogens is 364 g/mol. The number of unbranched alkanes of at least 4 members (excludes halogenated alkanes) is 4. The highest BCUT2D eigenvalue weighted by Crippen LogP contribution is 2.27. The van der Waals surface area contributed by atoms with E-state index in [1.165, 1.54) is 4.90 Å².